The fourth-order valence-electron chi connectivity index (χ4n) is 1.28. The summed E-state index contributed by atoms with van der Waals surface area (Å²) in [6.07, 6.45) is 0. The van der Waals surface area contributed by atoms with Crippen LogP contribution in [0.4, 0.5) is 0 Å². The van der Waals surface area contributed by atoms with Crippen LogP contribution in [-0.2, 0) is 9.53 Å². The van der Waals surface area contributed by atoms with E-state index in [1.165, 1.54) is 0 Å². The lowest BCUT2D eigenvalue weighted by molar-refractivity contribution is -0.426. The van der Waals surface area contributed by atoms with E-state index < -0.39 is 5.41 Å². The summed E-state index contributed by atoms with van der Waals surface area (Å²) in [4.78, 5) is 11.8. The van der Waals surface area contributed by atoms with Crippen LogP contribution in [0, 0.1) is 10.8 Å². The second-order valence-corrected chi connectivity index (χ2v) is 4.44. The first-order valence-corrected chi connectivity index (χ1v) is 5.11. The maximum Gasteiger partial charge on any atom is 0.318 e. The number of rotatable bonds is 5. The number of ether oxygens (including phenoxy) is 1. The molecule has 0 aliphatic rings. The third kappa shape index (κ3) is 2.25. The van der Waals surface area contributed by atoms with E-state index >= 15 is 0 Å². The van der Waals surface area contributed by atoms with Gasteiger partial charge in [0.1, 0.15) is 5.41 Å². The minimum Gasteiger partial charge on any atom is -0.465 e. The molecule has 0 aromatic carbocycles. The highest BCUT2D eigenvalue weighted by Crippen LogP contribution is 2.37. The van der Waals surface area contributed by atoms with E-state index in [0.717, 1.165) is 0 Å². The van der Waals surface area contributed by atoms with Crippen molar-refractivity contribution >= 4 is 5.97 Å². The Morgan fingerprint density at radius 1 is 1.21 bits per heavy atom. The van der Waals surface area contributed by atoms with Crippen molar-refractivity contribution in [2.75, 3.05) is 19.7 Å². The molecule has 6 N–H and O–H groups in total. The Hall–Kier alpha value is -0.610. The maximum atomic E-state index is 11.8. The van der Waals surface area contributed by atoms with Gasteiger partial charge in [0, 0.05) is 5.41 Å². The van der Waals surface area contributed by atoms with E-state index in [4.69, 9.17) is 4.74 Å². The monoisotopic (exact) mass is 204 g/mol. The van der Waals surface area contributed by atoms with Crippen LogP contribution in [0.25, 0.3) is 0 Å². The van der Waals surface area contributed by atoms with Crippen molar-refractivity contribution in [1.29, 1.82) is 0 Å². The summed E-state index contributed by atoms with van der Waals surface area (Å²) < 4.78 is 5.08. The zero-order valence-corrected chi connectivity index (χ0v) is 9.85. The number of carbonyl (C=O) groups excluding carboxylic acids is 1. The van der Waals surface area contributed by atoms with Crippen LogP contribution in [0.5, 0.6) is 0 Å². The van der Waals surface area contributed by atoms with Crippen molar-refractivity contribution in [3.8, 4) is 0 Å². The van der Waals surface area contributed by atoms with Gasteiger partial charge in [-0.25, -0.2) is 0 Å². The van der Waals surface area contributed by atoms with Crippen LogP contribution < -0.4 is 11.5 Å². The van der Waals surface area contributed by atoms with Crippen LogP contribution in [0.15, 0.2) is 0 Å². The van der Waals surface area contributed by atoms with Gasteiger partial charge in [0.2, 0.25) is 0 Å². The van der Waals surface area contributed by atoms with Gasteiger partial charge in [-0.3, -0.25) is 4.79 Å². The van der Waals surface area contributed by atoms with Gasteiger partial charge in [-0.2, -0.15) is 0 Å². The molecule has 0 radical (unpaired) electrons. The lowest BCUT2D eigenvalue weighted by Crippen LogP contribution is -2.69. The highest BCUT2D eigenvalue weighted by molar-refractivity contribution is 5.77. The van der Waals surface area contributed by atoms with Crippen molar-refractivity contribution in [1.82, 2.24) is 0 Å². The van der Waals surface area contributed by atoms with Gasteiger partial charge in [0.05, 0.1) is 19.7 Å². The summed E-state index contributed by atoms with van der Waals surface area (Å²) >= 11 is 0. The predicted molar refractivity (Wildman–Crippen MR) is 54.0 cm³/mol. The van der Waals surface area contributed by atoms with Gasteiger partial charge < -0.3 is 16.2 Å². The molecule has 0 saturated heterocycles. The van der Waals surface area contributed by atoms with Crippen LogP contribution >= 0.6 is 0 Å². The van der Waals surface area contributed by atoms with Crippen LogP contribution in [0.2, 0.25) is 0 Å². The molecule has 0 rings (SSSR count). The van der Waals surface area contributed by atoms with Crippen molar-refractivity contribution in [2.45, 2.75) is 27.7 Å². The first kappa shape index (κ1) is 13.4. The van der Waals surface area contributed by atoms with E-state index in [0.29, 0.717) is 19.7 Å². The highest BCUT2D eigenvalue weighted by Gasteiger charge is 2.49. The summed E-state index contributed by atoms with van der Waals surface area (Å²) in [6, 6.07) is 0. The largest absolute Gasteiger partial charge is 0.465 e. The average molecular weight is 204 g/mol. The Kier molecular flexibility index (Phi) is 4.55. The third-order valence-corrected chi connectivity index (χ3v) is 3.34. The topological polar surface area (TPSA) is 81.6 Å². The third-order valence-electron chi connectivity index (χ3n) is 3.34. The first-order valence-electron chi connectivity index (χ1n) is 5.11. The molecule has 0 amide bonds. The lowest BCUT2D eigenvalue weighted by Gasteiger charge is -2.37. The Morgan fingerprint density at radius 2 is 1.71 bits per heavy atom. The van der Waals surface area contributed by atoms with Crippen molar-refractivity contribution in [2.24, 2.45) is 10.8 Å². The fraction of sp³-hybridized carbons (Fsp3) is 0.900. The summed E-state index contributed by atoms with van der Waals surface area (Å²) in [7, 11) is 0. The number of quaternary nitrogens is 2. The predicted octanol–water partition coefficient (Wildman–Crippen LogP) is -0.934. The Balaban J connectivity index is 4.87. The molecule has 0 aromatic heterocycles. The minimum absolute atomic E-state index is 0.163. The zero-order chi connectivity index (χ0) is 11.4. The number of hydrogen-bond acceptors (Lipinski definition) is 2. The molecule has 0 spiro atoms. The van der Waals surface area contributed by atoms with Gasteiger partial charge >= 0.3 is 5.97 Å². The Morgan fingerprint density at radius 3 is 2.00 bits per heavy atom. The molecule has 0 aromatic rings. The molecule has 84 valence electrons. The first-order chi connectivity index (χ1) is 6.35. The molecule has 1 atom stereocenters. The second-order valence-electron chi connectivity index (χ2n) is 4.44. The van der Waals surface area contributed by atoms with Gasteiger partial charge in [-0.1, -0.05) is 13.8 Å². The van der Waals surface area contributed by atoms with E-state index in [2.05, 4.69) is 11.5 Å². The number of carbonyl (C=O) groups is 1. The molecule has 0 heterocycles. The highest BCUT2D eigenvalue weighted by atomic mass is 16.5. The molecule has 1 unspecified atom stereocenters. The zero-order valence-electron chi connectivity index (χ0n) is 9.85. The molecule has 4 nitrogen and oxygen atoms in total. The molecule has 0 bridgehead atoms. The summed E-state index contributed by atoms with van der Waals surface area (Å²) in [5, 5.41) is 0. The summed E-state index contributed by atoms with van der Waals surface area (Å²) in [5.74, 6) is -0.163. The average Bonchev–Trinajstić information content (AvgIpc) is 2.16. The Labute approximate surface area is 86.0 Å². The molecule has 0 saturated carbocycles. The molecule has 0 fully saturated rings. The standard InChI is InChI=1S/C10H22N2O2/c1-5-14-8(13)10(4,7-12)9(2,3)6-11/h5-7,11-12H2,1-4H3/p+2. The normalized spacial score (nSPS) is 16.1. The molecule has 0 aliphatic heterocycles. The van der Waals surface area contributed by atoms with Gasteiger partial charge in [-0.15, -0.1) is 0 Å². The molecular weight excluding hydrogens is 180 g/mol. The Bertz CT molecular complexity index is 204. The number of hydrogen-bond donors (Lipinski definition) is 2. The van der Waals surface area contributed by atoms with Gasteiger partial charge in [-0.05, 0) is 13.8 Å². The molecule has 0 aliphatic carbocycles. The fourth-order valence-corrected chi connectivity index (χ4v) is 1.28. The van der Waals surface area contributed by atoms with Crippen molar-refractivity contribution in [3.63, 3.8) is 0 Å². The van der Waals surface area contributed by atoms with E-state index in [1.807, 2.05) is 27.7 Å². The summed E-state index contributed by atoms with van der Waals surface area (Å²) in [6.45, 7) is 9.43. The maximum absolute atomic E-state index is 11.8. The van der Waals surface area contributed by atoms with E-state index in [-0.39, 0.29) is 11.4 Å². The van der Waals surface area contributed by atoms with Gasteiger partial charge in [0.25, 0.3) is 0 Å². The van der Waals surface area contributed by atoms with Crippen molar-refractivity contribution < 1.29 is 21.0 Å². The minimum atomic E-state index is -0.537. The number of esters is 1. The SMILES string of the molecule is CCOC(=O)C(C)(C[NH3+])C(C)(C)C[NH3+]. The van der Waals surface area contributed by atoms with Crippen molar-refractivity contribution in [3.05, 3.63) is 0 Å². The van der Waals surface area contributed by atoms with Crippen LogP contribution in [0.1, 0.15) is 27.7 Å². The van der Waals surface area contributed by atoms with E-state index in [1.54, 1.807) is 0 Å². The summed E-state index contributed by atoms with van der Waals surface area (Å²) in [5.41, 5.74) is 7.01. The smallest absolute Gasteiger partial charge is 0.318 e. The molecule has 4 heteroatoms. The van der Waals surface area contributed by atoms with Crippen LogP contribution in [0.3, 0.4) is 0 Å². The lowest BCUT2D eigenvalue weighted by atomic mass is 9.66. The van der Waals surface area contributed by atoms with E-state index in [9.17, 15) is 4.79 Å². The molecular formula is C10H24N2O2+2. The second kappa shape index (κ2) is 4.75. The van der Waals surface area contributed by atoms with Gasteiger partial charge in [0.15, 0.2) is 0 Å². The van der Waals surface area contributed by atoms with Crippen LogP contribution in [-0.4, -0.2) is 25.7 Å². The quantitative estimate of drug-likeness (QED) is 0.567. The molecule has 14 heavy (non-hydrogen) atoms.